The number of rotatable bonds is 4. The van der Waals surface area contributed by atoms with Gasteiger partial charge in [-0.1, -0.05) is 24.3 Å². The van der Waals surface area contributed by atoms with Gasteiger partial charge < -0.3 is 15.2 Å². The van der Waals surface area contributed by atoms with E-state index in [1.807, 2.05) is 24.3 Å². The third-order valence-corrected chi connectivity index (χ3v) is 4.43. The topological polar surface area (TPSA) is 58.6 Å². The van der Waals surface area contributed by atoms with Crippen molar-refractivity contribution in [2.75, 3.05) is 6.54 Å². The molecule has 1 atom stereocenters. The molecule has 138 valence electrons. The van der Waals surface area contributed by atoms with Crippen molar-refractivity contribution in [2.45, 2.75) is 31.2 Å². The number of hydrogen-bond acceptors (Lipinski definition) is 3. The van der Waals surface area contributed by atoms with Gasteiger partial charge in [-0.3, -0.25) is 4.79 Å². The predicted molar refractivity (Wildman–Crippen MR) is 88.9 cm³/mol. The molecule has 2 aromatic rings. The van der Waals surface area contributed by atoms with E-state index in [-0.39, 0.29) is 12.1 Å². The molecule has 7 heteroatoms. The summed E-state index contributed by atoms with van der Waals surface area (Å²) >= 11 is 0. The first-order chi connectivity index (χ1) is 12.2. The second kappa shape index (κ2) is 6.99. The quantitative estimate of drug-likeness (QED) is 0.875. The molecule has 2 N–H and O–H groups in total. The molecule has 0 saturated heterocycles. The molecule has 0 spiro atoms. The molecule has 0 aromatic heterocycles. The number of fused-ring (bicyclic) bond motifs is 1. The third kappa shape index (κ3) is 4.54. The standard InChI is InChI=1S/C19H18F3NO3/c20-19(21,22)26-16-7-5-14(6-8-16)17(24)23-12-18(25)10-9-13-3-1-2-4-15(13)11-18/h1-8,25H,9-12H2,(H,23,24). The summed E-state index contributed by atoms with van der Waals surface area (Å²) in [6.07, 6.45) is -3.07. The van der Waals surface area contributed by atoms with Crippen LogP contribution in [0, 0.1) is 0 Å². The Kier molecular flexibility index (Phi) is 4.91. The number of ether oxygens (including phenoxy) is 1. The zero-order valence-corrected chi connectivity index (χ0v) is 13.8. The van der Waals surface area contributed by atoms with Crippen LogP contribution in [0.25, 0.3) is 0 Å². The Morgan fingerprint density at radius 3 is 2.42 bits per heavy atom. The fourth-order valence-corrected chi connectivity index (χ4v) is 3.09. The van der Waals surface area contributed by atoms with Gasteiger partial charge in [-0.15, -0.1) is 13.2 Å². The summed E-state index contributed by atoms with van der Waals surface area (Å²) in [5, 5.41) is 13.4. The van der Waals surface area contributed by atoms with E-state index in [2.05, 4.69) is 10.1 Å². The van der Waals surface area contributed by atoms with Crippen molar-refractivity contribution in [3.8, 4) is 5.75 Å². The molecular formula is C19H18F3NO3. The Labute approximate surface area is 148 Å². The number of alkyl halides is 3. The monoisotopic (exact) mass is 365 g/mol. The van der Waals surface area contributed by atoms with E-state index in [0.717, 1.165) is 24.1 Å². The summed E-state index contributed by atoms with van der Waals surface area (Å²) in [6.45, 7) is 0.0704. The molecule has 2 aromatic carbocycles. The minimum atomic E-state index is -4.77. The highest BCUT2D eigenvalue weighted by atomic mass is 19.4. The number of amides is 1. The van der Waals surface area contributed by atoms with Gasteiger partial charge in [0, 0.05) is 18.5 Å². The molecule has 1 aliphatic carbocycles. The molecule has 0 aliphatic heterocycles. The normalized spacial score (nSPS) is 19.5. The van der Waals surface area contributed by atoms with E-state index < -0.39 is 23.6 Å². The smallest absolute Gasteiger partial charge is 0.406 e. The minimum absolute atomic E-state index is 0.0704. The number of hydrogen-bond donors (Lipinski definition) is 2. The second-order valence-corrected chi connectivity index (χ2v) is 6.42. The highest BCUT2D eigenvalue weighted by Crippen LogP contribution is 2.28. The van der Waals surface area contributed by atoms with Crippen LogP contribution < -0.4 is 10.1 Å². The van der Waals surface area contributed by atoms with Crippen LogP contribution >= 0.6 is 0 Å². The lowest BCUT2D eigenvalue weighted by atomic mass is 9.80. The van der Waals surface area contributed by atoms with Crippen LogP contribution in [0.2, 0.25) is 0 Å². The molecule has 1 unspecified atom stereocenters. The Hall–Kier alpha value is -2.54. The second-order valence-electron chi connectivity index (χ2n) is 6.42. The first kappa shape index (κ1) is 18.3. The molecule has 26 heavy (non-hydrogen) atoms. The third-order valence-electron chi connectivity index (χ3n) is 4.43. The lowest BCUT2D eigenvalue weighted by Gasteiger charge is -2.33. The molecular weight excluding hydrogens is 347 g/mol. The van der Waals surface area contributed by atoms with E-state index in [1.54, 1.807) is 0 Å². The van der Waals surface area contributed by atoms with Crippen LogP contribution in [0.5, 0.6) is 5.75 Å². The average molecular weight is 365 g/mol. The van der Waals surface area contributed by atoms with E-state index in [4.69, 9.17) is 0 Å². The van der Waals surface area contributed by atoms with E-state index in [1.165, 1.54) is 17.7 Å². The van der Waals surface area contributed by atoms with E-state index in [9.17, 15) is 23.1 Å². The van der Waals surface area contributed by atoms with Crippen LogP contribution in [0.15, 0.2) is 48.5 Å². The minimum Gasteiger partial charge on any atom is -0.406 e. The molecule has 1 amide bonds. The van der Waals surface area contributed by atoms with Crippen molar-refractivity contribution < 1.29 is 27.8 Å². The maximum absolute atomic E-state index is 12.2. The Morgan fingerprint density at radius 2 is 1.77 bits per heavy atom. The number of carbonyl (C=O) groups is 1. The highest BCUT2D eigenvalue weighted by Gasteiger charge is 2.33. The van der Waals surface area contributed by atoms with Gasteiger partial charge in [0.1, 0.15) is 5.75 Å². The van der Waals surface area contributed by atoms with E-state index >= 15 is 0 Å². The lowest BCUT2D eigenvalue weighted by molar-refractivity contribution is -0.274. The SMILES string of the molecule is O=C(NCC1(O)CCc2ccccc2C1)c1ccc(OC(F)(F)F)cc1. The summed E-state index contributed by atoms with van der Waals surface area (Å²) in [5.41, 5.74) is 1.41. The molecule has 0 bridgehead atoms. The highest BCUT2D eigenvalue weighted by molar-refractivity contribution is 5.94. The molecule has 1 aliphatic rings. The number of carbonyl (C=O) groups excluding carboxylic acids is 1. The maximum atomic E-state index is 12.2. The van der Waals surface area contributed by atoms with Gasteiger partial charge in [0.05, 0.1) is 5.60 Å². The number of nitrogens with one attached hydrogen (secondary N) is 1. The Bertz CT molecular complexity index is 789. The zero-order valence-electron chi connectivity index (χ0n) is 13.8. The number of benzene rings is 2. The van der Waals surface area contributed by atoms with Crippen molar-refractivity contribution in [1.82, 2.24) is 5.32 Å². The van der Waals surface area contributed by atoms with Gasteiger partial charge >= 0.3 is 6.36 Å². The van der Waals surface area contributed by atoms with Gasteiger partial charge in [0.25, 0.3) is 5.91 Å². The molecule has 3 rings (SSSR count). The lowest BCUT2D eigenvalue weighted by Crippen LogP contribution is -2.46. The number of halogens is 3. The predicted octanol–water partition coefficient (Wildman–Crippen LogP) is 3.24. The van der Waals surface area contributed by atoms with Crippen molar-refractivity contribution in [3.05, 3.63) is 65.2 Å². The van der Waals surface area contributed by atoms with Gasteiger partial charge in [0.15, 0.2) is 0 Å². The Morgan fingerprint density at radius 1 is 1.12 bits per heavy atom. The van der Waals surface area contributed by atoms with Crippen molar-refractivity contribution in [2.24, 2.45) is 0 Å². The molecule has 0 fully saturated rings. The average Bonchev–Trinajstić information content (AvgIpc) is 2.59. The van der Waals surface area contributed by atoms with Crippen LogP contribution in [0.3, 0.4) is 0 Å². The van der Waals surface area contributed by atoms with Crippen LogP contribution in [-0.2, 0) is 12.8 Å². The first-order valence-corrected chi connectivity index (χ1v) is 8.17. The number of aliphatic hydroxyl groups is 1. The number of aryl methyl sites for hydroxylation is 1. The summed E-state index contributed by atoms with van der Waals surface area (Å²) in [6, 6.07) is 12.5. The van der Waals surface area contributed by atoms with Crippen LogP contribution in [-0.4, -0.2) is 29.5 Å². The first-order valence-electron chi connectivity index (χ1n) is 8.17. The van der Waals surface area contributed by atoms with Gasteiger partial charge in [-0.2, -0.15) is 0 Å². The molecule has 0 radical (unpaired) electrons. The zero-order chi connectivity index (χ0) is 18.8. The van der Waals surface area contributed by atoms with Gasteiger partial charge in [0.2, 0.25) is 0 Å². The molecule has 4 nitrogen and oxygen atoms in total. The Balaban J connectivity index is 1.59. The van der Waals surface area contributed by atoms with Gasteiger partial charge in [-0.05, 0) is 48.2 Å². The maximum Gasteiger partial charge on any atom is 0.573 e. The van der Waals surface area contributed by atoms with Crippen molar-refractivity contribution in [3.63, 3.8) is 0 Å². The molecule has 0 heterocycles. The fourth-order valence-electron chi connectivity index (χ4n) is 3.09. The summed E-state index contributed by atoms with van der Waals surface area (Å²) in [4.78, 5) is 12.2. The summed E-state index contributed by atoms with van der Waals surface area (Å²) in [5.74, 6) is -0.854. The van der Waals surface area contributed by atoms with Crippen molar-refractivity contribution >= 4 is 5.91 Å². The van der Waals surface area contributed by atoms with Gasteiger partial charge in [-0.25, -0.2) is 0 Å². The molecule has 0 saturated carbocycles. The summed E-state index contributed by atoms with van der Waals surface area (Å²) < 4.78 is 40.2. The largest absolute Gasteiger partial charge is 0.573 e. The summed E-state index contributed by atoms with van der Waals surface area (Å²) in [7, 11) is 0. The fraction of sp³-hybridized carbons (Fsp3) is 0.316. The van der Waals surface area contributed by atoms with Crippen LogP contribution in [0.1, 0.15) is 27.9 Å². The van der Waals surface area contributed by atoms with E-state index in [0.29, 0.717) is 12.8 Å². The van der Waals surface area contributed by atoms with Crippen LogP contribution in [0.4, 0.5) is 13.2 Å². The van der Waals surface area contributed by atoms with Crippen molar-refractivity contribution in [1.29, 1.82) is 0 Å².